The van der Waals surface area contributed by atoms with E-state index < -0.39 is 0 Å². The predicted molar refractivity (Wildman–Crippen MR) is 128 cm³/mol. The van der Waals surface area contributed by atoms with Crippen molar-refractivity contribution in [3.05, 3.63) is 113 Å². The Hall–Kier alpha value is -4.23. The summed E-state index contributed by atoms with van der Waals surface area (Å²) in [4.78, 5) is 0. The topological polar surface area (TPSA) is 73.5 Å². The molecule has 7 nitrogen and oxygen atoms in total. The molecule has 0 saturated carbocycles. The Kier molecular flexibility index (Phi) is 4.74. The lowest BCUT2D eigenvalue weighted by Crippen LogP contribution is -2.20. The number of hydrogen-bond donors (Lipinski definition) is 1. The number of allylic oxidation sites excluding steroid dienone is 1. The molecule has 3 aromatic carbocycles. The summed E-state index contributed by atoms with van der Waals surface area (Å²) in [5.74, 6) is 0.545. The van der Waals surface area contributed by atoms with Gasteiger partial charge in [-0.2, -0.15) is 9.78 Å². The van der Waals surface area contributed by atoms with Crippen molar-refractivity contribution in [1.82, 2.24) is 30.0 Å². The van der Waals surface area contributed by atoms with E-state index in [1.165, 1.54) is 0 Å². The molecule has 1 atom stereocenters. The molecule has 1 aliphatic rings. The number of nitrogens with zero attached hydrogens (tertiary/aromatic N) is 6. The van der Waals surface area contributed by atoms with E-state index in [4.69, 9.17) is 16.7 Å². The molecule has 6 rings (SSSR count). The highest BCUT2D eigenvalue weighted by Gasteiger charge is 2.29. The molecule has 0 saturated heterocycles. The van der Waals surface area contributed by atoms with Crippen LogP contribution in [0.15, 0.2) is 97.2 Å². The average molecular weight is 452 g/mol. The quantitative estimate of drug-likeness (QED) is 0.404. The molecule has 5 aromatic rings. The van der Waals surface area contributed by atoms with E-state index in [0.717, 1.165) is 33.8 Å². The molecule has 1 unspecified atom stereocenters. The lowest BCUT2D eigenvalue weighted by atomic mass is 9.99. The van der Waals surface area contributed by atoms with Gasteiger partial charge in [-0.15, -0.1) is 0 Å². The van der Waals surface area contributed by atoms with Crippen LogP contribution < -0.4 is 5.32 Å². The SMILES string of the molecule is Clc1ccccc1C1=CC(c2cn(-c3ccccc3)nc2-c2ccccc2)n2nnnc2N1. The van der Waals surface area contributed by atoms with E-state index >= 15 is 0 Å². The number of para-hydroxylation sites is 1. The number of halogens is 1. The van der Waals surface area contributed by atoms with Gasteiger partial charge in [-0.1, -0.05) is 83.4 Å². The minimum Gasteiger partial charge on any atom is -0.323 e. The molecule has 0 aliphatic carbocycles. The number of nitrogens with one attached hydrogen (secondary N) is 1. The van der Waals surface area contributed by atoms with Gasteiger partial charge < -0.3 is 5.32 Å². The summed E-state index contributed by atoms with van der Waals surface area (Å²) in [6.07, 6.45) is 4.13. The van der Waals surface area contributed by atoms with Gasteiger partial charge in [0.1, 0.15) is 6.04 Å². The Bertz CT molecular complexity index is 1450. The summed E-state index contributed by atoms with van der Waals surface area (Å²) in [6, 6.07) is 27.6. The maximum absolute atomic E-state index is 6.51. The first-order valence-electron chi connectivity index (χ1n) is 10.5. The van der Waals surface area contributed by atoms with Crippen LogP contribution in [0.5, 0.6) is 0 Å². The first kappa shape index (κ1) is 19.5. The number of anilines is 1. The fraction of sp³-hybridized carbons (Fsp3) is 0.0400. The summed E-state index contributed by atoms with van der Waals surface area (Å²) in [6.45, 7) is 0. The lowest BCUT2D eigenvalue weighted by molar-refractivity contribution is 0.586. The van der Waals surface area contributed by atoms with Crippen molar-refractivity contribution in [2.24, 2.45) is 0 Å². The first-order chi connectivity index (χ1) is 16.3. The monoisotopic (exact) mass is 451 g/mol. The summed E-state index contributed by atoms with van der Waals surface area (Å²) in [5, 5.41) is 21.3. The van der Waals surface area contributed by atoms with Gasteiger partial charge >= 0.3 is 0 Å². The molecule has 160 valence electrons. The van der Waals surface area contributed by atoms with Crippen molar-refractivity contribution in [2.75, 3.05) is 5.32 Å². The van der Waals surface area contributed by atoms with E-state index in [2.05, 4.69) is 39.1 Å². The third-order valence-electron chi connectivity index (χ3n) is 5.62. The number of aromatic nitrogens is 6. The van der Waals surface area contributed by atoms with Crippen molar-refractivity contribution in [2.45, 2.75) is 6.04 Å². The molecule has 33 heavy (non-hydrogen) atoms. The van der Waals surface area contributed by atoms with Gasteiger partial charge in [-0.3, -0.25) is 0 Å². The van der Waals surface area contributed by atoms with Crippen molar-refractivity contribution < 1.29 is 0 Å². The third-order valence-corrected chi connectivity index (χ3v) is 5.95. The Morgan fingerprint density at radius 3 is 2.36 bits per heavy atom. The number of benzene rings is 3. The maximum Gasteiger partial charge on any atom is 0.248 e. The van der Waals surface area contributed by atoms with Crippen molar-refractivity contribution in [3.63, 3.8) is 0 Å². The van der Waals surface area contributed by atoms with Crippen LogP contribution in [0.3, 0.4) is 0 Å². The zero-order valence-corrected chi connectivity index (χ0v) is 18.1. The van der Waals surface area contributed by atoms with E-state index in [0.29, 0.717) is 11.0 Å². The molecule has 0 spiro atoms. The Morgan fingerprint density at radius 1 is 0.848 bits per heavy atom. The molecule has 0 amide bonds. The maximum atomic E-state index is 6.51. The number of hydrogen-bond acceptors (Lipinski definition) is 5. The van der Waals surface area contributed by atoms with Gasteiger partial charge in [0, 0.05) is 33.6 Å². The van der Waals surface area contributed by atoms with Crippen molar-refractivity contribution >= 4 is 23.2 Å². The van der Waals surface area contributed by atoms with E-state index in [1.807, 2.05) is 83.7 Å². The largest absolute Gasteiger partial charge is 0.323 e. The normalized spacial score (nSPS) is 14.9. The standard InChI is InChI=1S/C25H18ClN7/c26-21-14-8-7-13-19(21)22-15-23(33-25(27-22)28-30-31-33)20-16-32(18-11-5-2-6-12-18)29-24(20)17-9-3-1-4-10-17/h1-16,23H,(H,27,28,31). The Labute approximate surface area is 195 Å². The first-order valence-corrected chi connectivity index (χ1v) is 10.9. The van der Waals surface area contributed by atoms with Crippen LogP contribution in [0, 0.1) is 0 Å². The van der Waals surface area contributed by atoms with Crippen molar-refractivity contribution in [1.29, 1.82) is 0 Å². The number of fused-ring (bicyclic) bond motifs is 1. The highest BCUT2D eigenvalue weighted by atomic mass is 35.5. The molecule has 3 heterocycles. The van der Waals surface area contributed by atoms with E-state index in [1.54, 1.807) is 4.68 Å². The lowest BCUT2D eigenvalue weighted by Gasteiger charge is -2.23. The van der Waals surface area contributed by atoms with Gasteiger partial charge in [0.15, 0.2) is 0 Å². The fourth-order valence-corrected chi connectivity index (χ4v) is 4.29. The summed E-state index contributed by atoms with van der Waals surface area (Å²) in [7, 11) is 0. The van der Waals surface area contributed by atoms with Gasteiger partial charge in [-0.25, -0.2) is 4.68 Å². The summed E-state index contributed by atoms with van der Waals surface area (Å²) < 4.78 is 3.66. The average Bonchev–Trinajstić information content (AvgIpc) is 3.52. The molecular weight excluding hydrogens is 434 g/mol. The van der Waals surface area contributed by atoms with Crippen LogP contribution in [0.4, 0.5) is 5.95 Å². The predicted octanol–water partition coefficient (Wildman–Crippen LogP) is 5.24. The summed E-state index contributed by atoms with van der Waals surface area (Å²) in [5.41, 5.74) is 5.56. The second-order valence-corrected chi connectivity index (χ2v) is 8.06. The van der Waals surface area contributed by atoms with Crippen LogP contribution in [0.2, 0.25) is 5.02 Å². The minimum absolute atomic E-state index is 0.282. The molecule has 2 aromatic heterocycles. The van der Waals surface area contributed by atoms with E-state index in [9.17, 15) is 0 Å². The van der Waals surface area contributed by atoms with Crippen LogP contribution >= 0.6 is 11.6 Å². The van der Waals surface area contributed by atoms with Gasteiger partial charge in [0.2, 0.25) is 5.95 Å². The zero-order chi connectivity index (χ0) is 22.2. The molecule has 0 radical (unpaired) electrons. The summed E-state index contributed by atoms with van der Waals surface area (Å²) >= 11 is 6.51. The van der Waals surface area contributed by atoms with Crippen molar-refractivity contribution in [3.8, 4) is 16.9 Å². The second-order valence-electron chi connectivity index (χ2n) is 7.66. The molecule has 0 bridgehead atoms. The smallest absolute Gasteiger partial charge is 0.248 e. The van der Waals surface area contributed by atoms with Gasteiger partial charge in [-0.05, 0) is 34.7 Å². The zero-order valence-electron chi connectivity index (χ0n) is 17.4. The fourth-order valence-electron chi connectivity index (χ4n) is 4.05. The van der Waals surface area contributed by atoms with Crippen LogP contribution in [-0.2, 0) is 0 Å². The van der Waals surface area contributed by atoms with Crippen LogP contribution in [0.1, 0.15) is 17.2 Å². The number of tetrazole rings is 1. The van der Waals surface area contributed by atoms with Crippen LogP contribution in [0.25, 0.3) is 22.6 Å². The molecule has 1 aliphatic heterocycles. The number of rotatable bonds is 4. The van der Waals surface area contributed by atoms with Gasteiger partial charge in [0.25, 0.3) is 0 Å². The van der Waals surface area contributed by atoms with E-state index in [-0.39, 0.29) is 6.04 Å². The van der Waals surface area contributed by atoms with Crippen LogP contribution in [-0.4, -0.2) is 30.0 Å². The molecule has 8 heteroatoms. The highest BCUT2D eigenvalue weighted by Crippen LogP contribution is 2.37. The third kappa shape index (κ3) is 3.48. The molecule has 1 N–H and O–H groups in total. The highest BCUT2D eigenvalue weighted by molar-refractivity contribution is 6.32. The molecular formula is C25H18ClN7. The van der Waals surface area contributed by atoms with Gasteiger partial charge in [0.05, 0.1) is 11.4 Å². The minimum atomic E-state index is -0.282. The molecule has 0 fully saturated rings. The second kappa shape index (κ2) is 8.03. The Balaban J connectivity index is 1.56. The Morgan fingerprint density at radius 2 is 1.58 bits per heavy atom.